The van der Waals surface area contributed by atoms with Crippen LogP contribution in [-0.4, -0.2) is 6.71 Å². The minimum absolute atomic E-state index is 0.00162. The van der Waals surface area contributed by atoms with Gasteiger partial charge in [0.05, 0.1) is 5.69 Å². The van der Waals surface area contributed by atoms with Crippen molar-refractivity contribution in [1.82, 2.24) is 0 Å². The molecule has 0 bridgehead atoms. The Morgan fingerprint density at radius 1 is 0.426 bits per heavy atom. The molecule has 2 aliphatic rings. The zero-order valence-corrected chi connectivity index (χ0v) is 36.0. The quantitative estimate of drug-likeness (QED) is 0.165. The van der Waals surface area contributed by atoms with E-state index in [1.165, 1.54) is 78.0 Å². The maximum absolute atomic E-state index is 6.93. The van der Waals surface area contributed by atoms with Crippen LogP contribution in [0.4, 0.5) is 17.1 Å². The first-order chi connectivity index (χ1) is 24.8. The number of fused-ring (bicyclic) bond motifs is 4. The number of benzene rings is 5. The third-order valence-electron chi connectivity index (χ3n) is 11.7. The van der Waals surface area contributed by atoms with Gasteiger partial charge in [0.1, 0.15) is 11.5 Å². The molecule has 0 saturated heterocycles. The predicted octanol–water partition coefficient (Wildman–Crippen LogP) is 12.6. The summed E-state index contributed by atoms with van der Waals surface area (Å²) in [5.74, 6) is 1.92. The third kappa shape index (κ3) is 6.71. The van der Waals surface area contributed by atoms with E-state index in [4.69, 9.17) is 4.74 Å². The van der Waals surface area contributed by atoms with Crippen LogP contribution in [0.2, 0.25) is 0 Å². The summed E-state index contributed by atoms with van der Waals surface area (Å²) in [7, 11) is 0. The van der Waals surface area contributed by atoms with Gasteiger partial charge >= 0.3 is 0 Å². The molecule has 2 nitrogen and oxygen atoms in total. The number of ether oxygens (including phenoxy) is 1. The highest BCUT2D eigenvalue weighted by molar-refractivity contribution is 6.99. The topological polar surface area (TPSA) is 12.5 Å². The normalized spacial score (nSPS) is 14.4. The first-order valence-electron chi connectivity index (χ1n) is 20.0. The molecule has 5 aromatic carbocycles. The fraction of sp³-hybridized carbons (Fsp3) is 0.412. The van der Waals surface area contributed by atoms with Gasteiger partial charge in [-0.3, -0.25) is 0 Å². The van der Waals surface area contributed by atoms with Crippen molar-refractivity contribution in [3.8, 4) is 22.6 Å². The Morgan fingerprint density at radius 2 is 0.907 bits per heavy atom. The average Bonchev–Trinajstić information content (AvgIpc) is 3.05. The van der Waals surface area contributed by atoms with Gasteiger partial charge in [-0.05, 0) is 126 Å². The van der Waals surface area contributed by atoms with Gasteiger partial charge in [0.2, 0.25) is 0 Å². The molecule has 0 aromatic heterocycles. The van der Waals surface area contributed by atoms with Gasteiger partial charge in [-0.25, -0.2) is 0 Å². The summed E-state index contributed by atoms with van der Waals surface area (Å²) in [6.45, 7) is 37.1. The molecule has 0 fully saturated rings. The summed E-state index contributed by atoms with van der Waals surface area (Å²) >= 11 is 0. The molecule has 7 rings (SSSR count). The molecule has 0 atom stereocenters. The summed E-state index contributed by atoms with van der Waals surface area (Å²) in [6.07, 6.45) is 0. The minimum atomic E-state index is -0.0148. The Bertz CT molecular complexity index is 2260. The number of aryl methyl sites for hydroxylation is 1. The molecule has 3 heteroatoms. The monoisotopic (exact) mass is 715 g/mol. The van der Waals surface area contributed by atoms with E-state index in [1.54, 1.807) is 0 Å². The third-order valence-corrected chi connectivity index (χ3v) is 11.7. The summed E-state index contributed by atoms with van der Waals surface area (Å²) < 4.78 is 6.93. The Kier molecular flexibility index (Phi) is 8.73. The fourth-order valence-corrected chi connectivity index (χ4v) is 8.16. The van der Waals surface area contributed by atoms with E-state index in [0.29, 0.717) is 0 Å². The van der Waals surface area contributed by atoms with Crippen LogP contribution in [0.15, 0.2) is 84.9 Å². The first kappa shape index (κ1) is 38.1. The molecule has 2 heterocycles. The van der Waals surface area contributed by atoms with Gasteiger partial charge in [0.15, 0.2) is 0 Å². The highest BCUT2D eigenvalue weighted by Crippen LogP contribution is 2.47. The highest BCUT2D eigenvalue weighted by atomic mass is 16.5. The van der Waals surface area contributed by atoms with Crippen LogP contribution in [0.25, 0.3) is 11.1 Å². The SMILES string of the molecule is Cc1cc2c3c(c1)N(c1ccc(C(C)(C)C)cc1-c1cc(C(C)(C)C)cc(C(C)(C)C)c1)c1ccc(C(C)(C)C)cc1B3c1cc(C(C)(C)C)ccc1O2. The standard InChI is InChI=1S/C51H62BNO/c1-31-23-43-46-45(24-31)54-44-22-19-35(49(8,9)10)30-40(44)52(46)39-29-34(48(5,6)7)18-21-42(39)53(43)41-20-17-33(47(2,3)4)28-38(41)32-25-36(50(11,12)13)27-37(26-32)51(14,15)16/h17-30H,1-16H3. The Morgan fingerprint density at radius 3 is 1.44 bits per heavy atom. The second-order valence-corrected chi connectivity index (χ2v) is 21.4. The molecule has 0 aliphatic carbocycles. The molecular formula is C51H62BNO. The van der Waals surface area contributed by atoms with Crippen molar-refractivity contribution >= 4 is 40.2 Å². The number of hydrogen-bond donors (Lipinski definition) is 0. The second-order valence-electron chi connectivity index (χ2n) is 21.4. The highest BCUT2D eigenvalue weighted by Gasteiger charge is 2.43. The van der Waals surface area contributed by atoms with Gasteiger partial charge in [0, 0.05) is 16.9 Å². The van der Waals surface area contributed by atoms with Crippen molar-refractivity contribution in [2.24, 2.45) is 0 Å². The van der Waals surface area contributed by atoms with E-state index in [9.17, 15) is 0 Å². The lowest BCUT2D eigenvalue weighted by Gasteiger charge is -2.42. The lowest BCUT2D eigenvalue weighted by Crippen LogP contribution is -2.60. The van der Waals surface area contributed by atoms with Crippen molar-refractivity contribution in [1.29, 1.82) is 0 Å². The molecule has 0 saturated carbocycles. The molecule has 0 N–H and O–H groups in total. The first-order valence-corrected chi connectivity index (χ1v) is 20.0. The zero-order valence-electron chi connectivity index (χ0n) is 36.0. The van der Waals surface area contributed by atoms with Crippen molar-refractivity contribution in [3.63, 3.8) is 0 Å². The van der Waals surface area contributed by atoms with Crippen molar-refractivity contribution < 1.29 is 4.74 Å². The number of rotatable bonds is 2. The van der Waals surface area contributed by atoms with Crippen LogP contribution in [0, 0.1) is 6.92 Å². The van der Waals surface area contributed by atoms with E-state index in [1.807, 2.05) is 0 Å². The van der Waals surface area contributed by atoms with Crippen LogP contribution in [0.5, 0.6) is 11.5 Å². The van der Waals surface area contributed by atoms with Crippen LogP contribution in [0.1, 0.15) is 137 Å². The smallest absolute Gasteiger partial charge is 0.256 e. The maximum atomic E-state index is 6.93. The summed E-state index contributed by atoms with van der Waals surface area (Å²) in [4.78, 5) is 2.56. The molecule has 0 unspecified atom stereocenters. The van der Waals surface area contributed by atoms with E-state index < -0.39 is 0 Å². The molecular weight excluding hydrogens is 653 g/mol. The van der Waals surface area contributed by atoms with Crippen molar-refractivity contribution in [2.75, 3.05) is 4.90 Å². The lowest BCUT2D eigenvalue weighted by molar-refractivity contribution is 0.486. The largest absolute Gasteiger partial charge is 0.458 e. The number of hydrogen-bond acceptors (Lipinski definition) is 2. The predicted molar refractivity (Wildman–Crippen MR) is 236 cm³/mol. The van der Waals surface area contributed by atoms with E-state index in [2.05, 4.69) is 201 Å². The summed E-state index contributed by atoms with van der Waals surface area (Å²) in [6, 6.07) is 33.3. The fourth-order valence-electron chi connectivity index (χ4n) is 8.16. The lowest BCUT2D eigenvalue weighted by atomic mass is 9.33. The second kappa shape index (κ2) is 12.4. The average molecular weight is 716 g/mol. The van der Waals surface area contributed by atoms with Crippen molar-refractivity contribution in [2.45, 2.75) is 138 Å². The Balaban J connectivity index is 1.59. The molecule has 54 heavy (non-hydrogen) atoms. The molecule has 5 aromatic rings. The molecule has 280 valence electrons. The summed E-state index contributed by atoms with van der Waals surface area (Å²) in [5, 5.41) is 0. The van der Waals surface area contributed by atoms with Gasteiger partial charge in [-0.15, -0.1) is 0 Å². The van der Waals surface area contributed by atoms with Crippen LogP contribution in [-0.2, 0) is 27.1 Å². The number of nitrogens with zero attached hydrogens (tertiary/aromatic N) is 1. The van der Waals surface area contributed by atoms with Crippen molar-refractivity contribution in [3.05, 3.63) is 118 Å². The van der Waals surface area contributed by atoms with E-state index in [-0.39, 0.29) is 33.8 Å². The van der Waals surface area contributed by atoms with Crippen LogP contribution >= 0.6 is 0 Å². The summed E-state index contributed by atoms with van der Waals surface area (Å²) in [5.41, 5.74) is 17.9. The zero-order chi connectivity index (χ0) is 39.5. The Hall–Kier alpha value is -4.24. The molecule has 2 aliphatic heterocycles. The molecule has 0 radical (unpaired) electrons. The minimum Gasteiger partial charge on any atom is -0.458 e. The van der Waals surface area contributed by atoms with Gasteiger partial charge in [0.25, 0.3) is 6.71 Å². The van der Waals surface area contributed by atoms with Crippen LogP contribution < -0.4 is 26.0 Å². The van der Waals surface area contributed by atoms with E-state index in [0.717, 1.165) is 11.5 Å². The number of anilines is 3. The van der Waals surface area contributed by atoms with Gasteiger partial charge < -0.3 is 9.64 Å². The van der Waals surface area contributed by atoms with Gasteiger partial charge in [-0.2, -0.15) is 0 Å². The van der Waals surface area contributed by atoms with Gasteiger partial charge in [-0.1, -0.05) is 152 Å². The molecule has 0 amide bonds. The molecule has 0 spiro atoms. The van der Waals surface area contributed by atoms with E-state index >= 15 is 0 Å². The maximum Gasteiger partial charge on any atom is 0.256 e. The van der Waals surface area contributed by atoms with Crippen LogP contribution in [0.3, 0.4) is 0 Å². The Labute approximate surface area is 327 Å².